The van der Waals surface area contributed by atoms with Gasteiger partial charge >= 0.3 is 0 Å². The predicted octanol–water partition coefficient (Wildman–Crippen LogP) is 4.37. The van der Waals surface area contributed by atoms with Crippen LogP contribution in [-0.2, 0) is 6.16 Å². The van der Waals surface area contributed by atoms with Gasteiger partial charge in [0.05, 0.1) is 7.11 Å². The summed E-state index contributed by atoms with van der Waals surface area (Å²) in [5.41, 5.74) is 1.08. The summed E-state index contributed by atoms with van der Waals surface area (Å²) in [4.78, 5) is 0. The molecule has 0 spiro atoms. The Kier molecular flexibility index (Phi) is 4.18. The van der Waals surface area contributed by atoms with Gasteiger partial charge in [0, 0.05) is 12.2 Å². The third kappa shape index (κ3) is 4.42. The highest BCUT2D eigenvalue weighted by Crippen LogP contribution is 2.75. The molecule has 0 amide bonds. The van der Waals surface area contributed by atoms with Gasteiger partial charge in [-0.3, -0.25) is 0 Å². The van der Waals surface area contributed by atoms with Crippen molar-refractivity contribution in [2.45, 2.75) is 6.16 Å². The minimum absolute atomic E-state index is 0.614. The van der Waals surface area contributed by atoms with Gasteiger partial charge in [-0.05, 0) is 17.7 Å². The lowest BCUT2D eigenvalue weighted by Gasteiger charge is -2.03. The highest BCUT2D eigenvalue weighted by molar-refractivity contribution is 8.70. The van der Waals surface area contributed by atoms with Crippen molar-refractivity contribution in [2.24, 2.45) is 0 Å². The summed E-state index contributed by atoms with van der Waals surface area (Å²) in [6, 6.07) is 7.64. The molecule has 1 aromatic carbocycles. The third-order valence-electron chi connectivity index (χ3n) is 1.53. The number of halogens is 2. The molecule has 0 saturated heterocycles. The van der Waals surface area contributed by atoms with E-state index in [-0.39, 0.29) is 0 Å². The van der Waals surface area contributed by atoms with E-state index in [1.807, 2.05) is 24.3 Å². The normalized spacial score (nSPS) is 11.4. The molecule has 0 unspecified atom stereocenters. The van der Waals surface area contributed by atoms with E-state index in [2.05, 4.69) is 12.2 Å². The molecule has 0 aliphatic heterocycles. The van der Waals surface area contributed by atoms with E-state index < -0.39 is 5.17 Å². The van der Waals surface area contributed by atoms with E-state index in [0.29, 0.717) is 6.16 Å². The van der Waals surface area contributed by atoms with Gasteiger partial charge in [-0.25, -0.2) is 0 Å². The second kappa shape index (κ2) is 4.75. The SMILES string of the molecule is COc1ccc(C[P+](S)(Cl)Cl)cc1. The van der Waals surface area contributed by atoms with Crippen LogP contribution in [0.4, 0.5) is 0 Å². The van der Waals surface area contributed by atoms with Gasteiger partial charge in [-0.1, -0.05) is 12.1 Å². The van der Waals surface area contributed by atoms with Crippen LogP contribution in [0.5, 0.6) is 5.75 Å². The Labute approximate surface area is 93.5 Å². The van der Waals surface area contributed by atoms with E-state index in [1.165, 1.54) is 0 Å². The molecule has 0 aliphatic rings. The summed E-state index contributed by atoms with van der Waals surface area (Å²) in [7, 11) is 1.63. The number of rotatable bonds is 3. The van der Waals surface area contributed by atoms with Crippen LogP contribution >= 0.6 is 39.9 Å². The summed E-state index contributed by atoms with van der Waals surface area (Å²) >= 11 is 15.8. The van der Waals surface area contributed by atoms with E-state index in [1.54, 1.807) is 7.11 Å². The average Bonchev–Trinajstić information content (AvgIpc) is 2.03. The Morgan fingerprint density at radius 3 is 2.23 bits per heavy atom. The molecule has 13 heavy (non-hydrogen) atoms. The Morgan fingerprint density at radius 1 is 1.31 bits per heavy atom. The third-order valence-corrected chi connectivity index (χ3v) is 3.42. The average molecular weight is 256 g/mol. The topological polar surface area (TPSA) is 9.23 Å². The van der Waals surface area contributed by atoms with Crippen molar-refractivity contribution in [1.29, 1.82) is 0 Å². The van der Waals surface area contributed by atoms with Crippen molar-refractivity contribution in [3.63, 3.8) is 0 Å². The number of benzene rings is 1. The van der Waals surface area contributed by atoms with Crippen LogP contribution < -0.4 is 4.74 Å². The van der Waals surface area contributed by atoms with Crippen molar-refractivity contribution < 1.29 is 4.74 Å². The minimum Gasteiger partial charge on any atom is -0.497 e. The Balaban J connectivity index is 2.70. The van der Waals surface area contributed by atoms with Gasteiger partial charge < -0.3 is 4.74 Å². The summed E-state index contributed by atoms with van der Waals surface area (Å²) in [6.07, 6.45) is 0.614. The molecule has 0 heterocycles. The first-order valence-electron chi connectivity index (χ1n) is 3.64. The van der Waals surface area contributed by atoms with Crippen molar-refractivity contribution >= 4 is 39.9 Å². The highest BCUT2D eigenvalue weighted by atomic mass is 35.9. The molecule has 72 valence electrons. The molecule has 1 aromatic rings. The maximum atomic E-state index is 5.85. The number of hydrogen-bond acceptors (Lipinski definition) is 2. The first-order chi connectivity index (χ1) is 6.01. The number of ether oxygens (including phenoxy) is 1. The second-order valence-corrected chi connectivity index (χ2v) is 11.6. The van der Waals surface area contributed by atoms with Crippen molar-refractivity contribution in [1.82, 2.24) is 0 Å². The van der Waals surface area contributed by atoms with Crippen molar-refractivity contribution in [3.8, 4) is 5.75 Å². The standard InChI is InChI=1S/C8H10Cl2OPS/c1-11-8-4-2-7(3-5-8)6-12(9,10)13/h2-5,13H,6H2,1H3/q+1. The van der Waals surface area contributed by atoms with Gasteiger partial charge in [0.25, 0.3) is 5.17 Å². The molecule has 0 radical (unpaired) electrons. The van der Waals surface area contributed by atoms with E-state index in [4.69, 9.17) is 27.2 Å². The molecule has 0 fully saturated rings. The molecule has 0 saturated carbocycles. The lowest BCUT2D eigenvalue weighted by Crippen LogP contribution is -1.84. The first-order valence-corrected chi connectivity index (χ1v) is 8.58. The summed E-state index contributed by atoms with van der Waals surface area (Å²) in [5.74, 6) is 0.830. The fraction of sp³-hybridized carbons (Fsp3) is 0.250. The molecule has 0 aromatic heterocycles. The lowest BCUT2D eigenvalue weighted by molar-refractivity contribution is 0.414. The first kappa shape index (κ1) is 11.5. The van der Waals surface area contributed by atoms with Gasteiger partial charge in [-0.2, -0.15) is 0 Å². The predicted molar refractivity (Wildman–Crippen MR) is 64.3 cm³/mol. The van der Waals surface area contributed by atoms with Crippen molar-refractivity contribution in [3.05, 3.63) is 29.8 Å². The molecule has 1 nitrogen and oxygen atoms in total. The summed E-state index contributed by atoms with van der Waals surface area (Å²) in [5, 5.41) is -2.06. The number of thiol groups is 1. The quantitative estimate of drug-likeness (QED) is 0.624. The largest absolute Gasteiger partial charge is 0.497 e. The monoisotopic (exact) mass is 255 g/mol. The Hall–Kier alpha value is 0.380. The van der Waals surface area contributed by atoms with E-state index in [9.17, 15) is 0 Å². The van der Waals surface area contributed by atoms with Crippen LogP contribution in [0.1, 0.15) is 5.56 Å². The molecule has 0 aliphatic carbocycles. The van der Waals surface area contributed by atoms with Gasteiger partial charge in [0.2, 0.25) is 0 Å². The molecule has 0 atom stereocenters. The number of hydrogen-bond donors (Lipinski definition) is 1. The fourth-order valence-corrected chi connectivity index (χ4v) is 2.92. The smallest absolute Gasteiger partial charge is 0.270 e. The van der Waals surface area contributed by atoms with Crippen LogP contribution in [-0.4, -0.2) is 7.11 Å². The lowest BCUT2D eigenvalue weighted by atomic mass is 10.2. The zero-order valence-electron chi connectivity index (χ0n) is 7.08. The fourth-order valence-electron chi connectivity index (χ4n) is 0.951. The Morgan fingerprint density at radius 2 is 1.85 bits per heavy atom. The Bertz CT molecular complexity index is 270. The molecule has 0 bridgehead atoms. The number of methoxy groups -OCH3 is 1. The maximum Gasteiger partial charge on any atom is 0.270 e. The van der Waals surface area contributed by atoms with Gasteiger partial charge in [-0.15, -0.1) is 0 Å². The van der Waals surface area contributed by atoms with Crippen LogP contribution in [0.15, 0.2) is 24.3 Å². The molecular weight excluding hydrogens is 246 g/mol. The van der Waals surface area contributed by atoms with Crippen LogP contribution in [0.2, 0.25) is 0 Å². The van der Waals surface area contributed by atoms with Gasteiger partial charge in [0.15, 0.2) is 0 Å². The van der Waals surface area contributed by atoms with E-state index >= 15 is 0 Å². The molecular formula is C8H10Cl2OPS+. The van der Waals surface area contributed by atoms with Crippen molar-refractivity contribution in [2.75, 3.05) is 7.11 Å². The molecule has 1 rings (SSSR count). The molecule has 5 heteroatoms. The highest BCUT2D eigenvalue weighted by Gasteiger charge is 2.29. The molecule has 0 N–H and O–H groups in total. The van der Waals surface area contributed by atoms with Crippen LogP contribution in [0, 0.1) is 0 Å². The maximum absolute atomic E-state index is 5.85. The second-order valence-electron chi connectivity index (χ2n) is 2.60. The van der Waals surface area contributed by atoms with Gasteiger partial charge in [0.1, 0.15) is 34.4 Å². The summed E-state index contributed by atoms with van der Waals surface area (Å²) in [6.45, 7) is 0. The zero-order valence-corrected chi connectivity index (χ0v) is 10.4. The minimum atomic E-state index is -2.06. The zero-order chi connectivity index (χ0) is 9.90. The van der Waals surface area contributed by atoms with Crippen LogP contribution in [0.3, 0.4) is 0 Å². The summed E-state index contributed by atoms with van der Waals surface area (Å²) < 4.78 is 5.02. The van der Waals surface area contributed by atoms with Crippen LogP contribution in [0.25, 0.3) is 0 Å². The van der Waals surface area contributed by atoms with E-state index in [0.717, 1.165) is 11.3 Å².